The van der Waals surface area contributed by atoms with Crippen LogP contribution in [-0.4, -0.2) is 107 Å². The summed E-state index contributed by atoms with van der Waals surface area (Å²) in [6.45, 7) is 15.5. The molecule has 2 aromatic rings. The normalized spacial score (nSPS) is 34.1. The smallest absolute Gasteiger partial charge is 0.351 e. The fraction of sp³-hybridized carbons (Fsp3) is 0.778. The molecule has 0 aromatic carbocycles. The first kappa shape index (κ1) is 54.5. The number of anilines is 2. The SMILES string of the molecule is C.CC[C@H]1O[C@@H](n2ccc(NC(=O)C(C)C)nc2=O)CC1O.CC[C@H]1O[C@@H](n2ccc(NC(=O)C(C)C)nc2=O)CC1OP1O[C@]2(C)CCCC[C@@H]2N1C.CN1[C@H]2CCCC[C@@]2(C)OP1Cl. The van der Waals surface area contributed by atoms with Crippen LogP contribution in [0.25, 0.3) is 0 Å². The Morgan fingerprint density at radius 2 is 1.27 bits per heavy atom. The maximum atomic E-state index is 12.6. The fourth-order valence-corrected chi connectivity index (χ4v) is 13.4. The molecule has 0 bridgehead atoms. The number of aliphatic hydroxyl groups is 1. The van der Waals surface area contributed by atoms with E-state index in [1.165, 1.54) is 53.9 Å². The summed E-state index contributed by atoms with van der Waals surface area (Å²) >= 11 is 6.10. The first-order valence-electron chi connectivity index (χ1n) is 23.3. The van der Waals surface area contributed by atoms with Crippen LogP contribution in [0, 0.1) is 11.8 Å². The number of ether oxygens (including phenoxy) is 2. The molecule has 6 heterocycles. The molecule has 66 heavy (non-hydrogen) atoms. The predicted molar refractivity (Wildman–Crippen MR) is 258 cm³/mol. The van der Waals surface area contributed by atoms with Gasteiger partial charge in [0, 0.05) is 49.2 Å². The van der Waals surface area contributed by atoms with Gasteiger partial charge in [0.25, 0.3) is 8.53 Å². The number of hydrogen-bond donors (Lipinski definition) is 3. The molecule has 18 nitrogen and oxygen atoms in total. The lowest BCUT2D eigenvalue weighted by molar-refractivity contribution is -0.119. The number of aliphatic hydroxyl groups excluding tert-OH is 1. The van der Waals surface area contributed by atoms with Gasteiger partial charge in [0.1, 0.15) is 24.1 Å². The third kappa shape index (κ3) is 12.6. The average molecular weight is 986 g/mol. The van der Waals surface area contributed by atoms with Gasteiger partial charge in [-0.3, -0.25) is 18.7 Å². The monoisotopic (exact) mass is 984 g/mol. The summed E-state index contributed by atoms with van der Waals surface area (Å²) in [4.78, 5) is 56.0. The number of carbonyl (C=O) groups excluding carboxylic acids is 2. The lowest BCUT2D eigenvalue weighted by Gasteiger charge is -2.35. The Hall–Kier alpha value is -2.47. The van der Waals surface area contributed by atoms with Crippen LogP contribution in [0.4, 0.5) is 11.6 Å². The molecule has 4 unspecified atom stereocenters. The van der Waals surface area contributed by atoms with Crippen LogP contribution >= 0.6 is 27.4 Å². The van der Waals surface area contributed by atoms with Crippen molar-refractivity contribution < 1.29 is 37.7 Å². The summed E-state index contributed by atoms with van der Waals surface area (Å²) in [5, 5.41) is 15.1. The van der Waals surface area contributed by atoms with E-state index in [0.717, 1.165) is 19.3 Å². The molecule has 2 saturated carbocycles. The molecule has 372 valence electrons. The molecule has 4 saturated heterocycles. The number of rotatable bonds is 10. The lowest BCUT2D eigenvalue weighted by Crippen LogP contribution is -2.43. The number of likely N-dealkylation sites (N-methyl/N-ethyl adjacent to an activating group) is 2. The van der Waals surface area contributed by atoms with E-state index in [4.69, 9.17) is 34.3 Å². The van der Waals surface area contributed by atoms with Crippen molar-refractivity contribution in [2.24, 2.45) is 11.8 Å². The van der Waals surface area contributed by atoms with Gasteiger partial charge in [0.15, 0.2) is 0 Å². The third-order valence-corrected chi connectivity index (χ3v) is 17.5. The van der Waals surface area contributed by atoms with E-state index in [2.05, 4.69) is 64.8 Å². The molecule has 12 atom stereocenters. The van der Waals surface area contributed by atoms with Crippen molar-refractivity contribution in [2.75, 3.05) is 24.7 Å². The summed E-state index contributed by atoms with van der Waals surface area (Å²) in [7, 11) is 2.20. The second kappa shape index (κ2) is 23.4. The highest BCUT2D eigenvalue weighted by Crippen LogP contribution is 2.62. The first-order valence-corrected chi connectivity index (χ1v) is 26.6. The van der Waals surface area contributed by atoms with Crippen LogP contribution in [0.5, 0.6) is 0 Å². The van der Waals surface area contributed by atoms with Gasteiger partial charge in [-0.1, -0.05) is 74.7 Å². The number of nitrogens with one attached hydrogen (secondary N) is 2. The molecule has 6 aliphatic rings. The molecule has 8 rings (SSSR count). The fourth-order valence-electron chi connectivity index (χ4n) is 9.41. The van der Waals surface area contributed by atoms with Gasteiger partial charge in [0.2, 0.25) is 19.5 Å². The van der Waals surface area contributed by atoms with E-state index >= 15 is 0 Å². The van der Waals surface area contributed by atoms with Gasteiger partial charge in [-0.05, 0) is 89.8 Å². The van der Waals surface area contributed by atoms with Gasteiger partial charge in [-0.25, -0.2) is 18.9 Å². The van der Waals surface area contributed by atoms with Gasteiger partial charge >= 0.3 is 11.4 Å². The Morgan fingerprint density at radius 1 is 0.803 bits per heavy atom. The summed E-state index contributed by atoms with van der Waals surface area (Å²) in [5.74, 6) is -0.275. The summed E-state index contributed by atoms with van der Waals surface area (Å²) < 4.78 is 37.9. The molecule has 0 spiro atoms. The number of nitrogens with zero attached hydrogens (tertiary/aromatic N) is 6. The number of fused-ring (bicyclic) bond motifs is 2. The molecule has 2 aliphatic carbocycles. The minimum atomic E-state index is -1.16. The maximum Gasteiger partial charge on any atom is 0.351 e. The molecule has 4 aliphatic heterocycles. The quantitative estimate of drug-likeness (QED) is 0.192. The van der Waals surface area contributed by atoms with Crippen molar-refractivity contribution >= 4 is 50.9 Å². The Kier molecular flexibility index (Phi) is 19.3. The van der Waals surface area contributed by atoms with Crippen molar-refractivity contribution in [3.05, 3.63) is 45.5 Å². The molecule has 2 aromatic heterocycles. The first-order chi connectivity index (χ1) is 30.8. The van der Waals surface area contributed by atoms with Crippen molar-refractivity contribution in [3.63, 3.8) is 0 Å². The van der Waals surface area contributed by atoms with Gasteiger partial charge < -0.3 is 38.8 Å². The summed E-state index contributed by atoms with van der Waals surface area (Å²) in [6.07, 6.45) is 13.1. The van der Waals surface area contributed by atoms with Crippen molar-refractivity contribution in [1.29, 1.82) is 0 Å². The Balaban J connectivity index is 0.000000205. The standard InChI is InChI=1S/C22H35N4O5P.C14H21N3O4.C8H15ClNOP.CH4/c1-6-15-16(30-32-25(5)17-9-7-8-11-22(17,4)31-32)13-19(29-15)26-12-10-18(24-21(26)28)23-20(27)14(2)3;1-4-10-9(18)7-12(21-10)17-6-5-11(16-14(17)20)15-13(19)8(2)3;1-8-6-4-3-5-7(8)10(2)12(9)11-8;/h10,12,14-17,19H,6-9,11,13H2,1-5H3,(H,23,24,27,28);5-6,8-10,12,18H,4,7H2,1-3H3,(H,15,16,19,20);7H,3-6H2,1-2H3;1H4/t15-,16?,17+,19-,22-,32?;9?,10-,12-;7-,8+,12?;/m110./s1. The maximum absolute atomic E-state index is 12.6. The van der Waals surface area contributed by atoms with Crippen LogP contribution in [0.15, 0.2) is 34.1 Å². The average Bonchev–Trinajstić information content (AvgIpc) is 3.98. The van der Waals surface area contributed by atoms with E-state index in [0.29, 0.717) is 31.3 Å². The van der Waals surface area contributed by atoms with Crippen LogP contribution in [0.1, 0.15) is 152 Å². The van der Waals surface area contributed by atoms with Crippen molar-refractivity contribution in [3.8, 4) is 0 Å². The Morgan fingerprint density at radius 3 is 1.71 bits per heavy atom. The second-order valence-electron chi connectivity index (χ2n) is 19.0. The molecule has 3 N–H and O–H groups in total. The zero-order valence-electron chi connectivity index (χ0n) is 39.6. The number of amides is 2. The highest BCUT2D eigenvalue weighted by atomic mass is 35.7. The molecule has 2 amide bonds. The van der Waals surface area contributed by atoms with E-state index in [-0.39, 0.29) is 72.2 Å². The molecular weight excluding hydrogens is 910 g/mol. The van der Waals surface area contributed by atoms with Gasteiger partial charge in [-0.2, -0.15) is 9.97 Å². The summed E-state index contributed by atoms with van der Waals surface area (Å²) in [5.41, 5.74) is -1.05. The molecule has 21 heteroatoms. The lowest BCUT2D eigenvalue weighted by atomic mass is 9.82. The van der Waals surface area contributed by atoms with E-state index in [1.54, 1.807) is 46.0 Å². The van der Waals surface area contributed by atoms with Gasteiger partial charge in [-0.15, -0.1) is 0 Å². The van der Waals surface area contributed by atoms with Crippen LogP contribution < -0.4 is 22.0 Å². The summed E-state index contributed by atoms with van der Waals surface area (Å²) in [6, 6.07) is 4.14. The number of carbonyl (C=O) groups is 2. The van der Waals surface area contributed by atoms with Crippen LogP contribution in [0.3, 0.4) is 0 Å². The topological polar surface area (TPSA) is 201 Å². The molecular formula is C45H75ClN8O10P2. The van der Waals surface area contributed by atoms with Crippen molar-refractivity contribution in [1.82, 2.24) is 28.4 Å². The predicted octanol–water partition coefficient (Wildman–Crippen LogP) is 8.46. The van der Waals surface area contributed by atoms with Crippen molar-refractivity contribution in [2.45, 2.75) is 200 Å². The minimum Gasteiger partial charge on any atom is -0.390 e. The Bertz CT molecular complexity index is 2070. The molecule has 0 radical (unpaired) electrons. The largest absolute Gasteiger partial charge is 0.390 e. The molecule has 6 fully saturated rings. The number of aromatic nitrogens is 4. The second-order valence-corrected chi connectivity index (χ2v) is 22.6. The number of hydrogen-bond acceptors (Lipinski definition) is 14. The van der Waals surface area contributed by atoms with E-state index in [1.807, 2.05) is 6.92 Å². The highest BCUT2D eigenvalue weighted by molar-refractivity contribution is 7.78. The van der Waals surface area contributed by atoms with E-state index in [9.17, 15) is 24.3 Å². The minimum absolute atomic E-state index is 0. The highest BCUT2D eigenvalue weighted by Gasteiger charge is 2.53. The zero-order chi connectivity index (χ0) is 47.4. The van der Waals surface area contributed by atoms with Gasteiger partial charge in [0.05, 0.1) is 35.6 Å². The third-order valence-electron chi connectivity index (χ3n) is 13.4. The number of halogens is 1. The zero-order valence-corrected chi connectivity index (χ0v) is 42.2. The van der Waals surface area contributed by atoms with Crippen LogP contribution in [-0.2, 0) is 32.6 Å². The van der Waals surface area contributed by atoms with E-state index < -0.39 is 46.1 Å². The Labute approximate surface area is 397 Å². The van der Waals surface area contributed by atoms with Crippen LogP contribution in [0.2, 0.25) is 0 Å².